The molecule has 104 valence electrons. The van der Waals surface area contributed by atoms with Gasteiger partial charge in [0.15, 0.2) is 0 Å². The summed E-state index contributed by atoms with van der Waals surface area (Å²) in [5.41, 5.74) is 0.105. The van der Waals surface area contributed by atoms with Crippen LogP contribution >= 0.6 is 11.6 Å². The Bertz CT molecular complexity index is 467. The average Bonchev–Trinajstić information content (AvgIpc) is 2.37. The van der Waals surface area contributed by atoms with Crippen LogP contribution in [0, 0.1) is 5.92 Å². The summed E-state index contributed by atoms with van der Waals surface area (Å²) in [4.78, 5) is 17.2. The first kappa shape index (κ1) is 14.1. The normalized spacial score (nSPS) is 20.2. The Balaban J connectivity index is 1.94. The highest BCUT2D eigenvalue weighted by Crippen LogP contribution is 2.22. The molecule has 6 heteroatoms. The molecule has 1 aromatic heterocycles. The first-order valence-corrected chi connectivity index (χ1v) is 6.75. The van der Waals surface area contributed by atoms with Gasteiger partial charge < -0.3 is 15.3 Å². The number of carbonyl (C=O) groups is 1. The van der Waals surface area contributed by atoms with Crippen molar-refractivity contribution < 1.29 is 9.90 Å². The maximum Gasteiger partial charge on any atom is 0.337 e. The fourth-order valence-corrected chi connectivity index (χ4v) is 2.60. The van der Waals surface area contributed by atoms with Gasteiger partial charge in [0.2, 0.25) is 0 Å². The SMILES string of the molecule is CN1CCCC(CNc2ncc(C(=O)O)cc2Cl)C1. The van der Waals surface area contributed by atoms with Gasteiger partial charge in [0.25, 0.3) is 0 Å². The summed E-state index contributed by atoms with van der Waals surface area (Å²) in [5, 5.41) is 12.4. The number of carboxylic acids is 1. The van der Waals surface area contributed by atoms with Gasteiger partial charge in [-0.3, -0.25) is 0 Å². The lowest BCUT2D eigenvalue weighted by Crippen LogP contribution is -2.35. The molecule has 1 fully saturated rings. The van der Waals surface area contributed by atoms with Crippen molar-refractivity contribution in [1.29, 1.82) is 0 Å². The fraction of sp³-hybridized carbons (Fsp3) is 0.538. The number of pyridine rings is 1. The molecule has 1 unspecified atom stereocenters. The molecular weight excluding hydrogens is 266 g/mol. The van der Waals surface area contributed by atoms with Crippen LogP contribution in [0.2, 0.25) is 5.02 Å². The molecule has 5 nitrogen and oxygen atoms in total. The van der Waals surface area contributed by atoms with Crippen molar-refractivity contribution in [3.63, 3.8) is 0 Å². The lowest BCUT2D eigenvalue weighted by molar-refractivity contribution is 0.0696. The predicted molar refractivity (Wildman–Crippen MR) is 74.9 cm³/mol. The predicted octanol–water partition coefficient (Wildman–Crippen LogP) is 2.19. The van der Waals surface area contributed by atoms with Crippen molar-refractivity contribution in [2.45, 2.75) is 12.8 Å². The molecule has 0 radical (unpaired) electrons. The van der Waals surface area contributed by atoms with Crippen LogP contribution in [0.4, 0.5) is 5.82 Å². The Morgan fingerprint density at radius 1 is 1.68 bits per heavy atom. The summed E-state index contributed by atoms with van der Waals surface area (Å²) in [5.74, 6) is 0.116. The molecule has 1 saturated heterocycles. The molecule has 0 amide bonds. The molecule has 1 aliphatic heterocycles. The van der Waals surface area contributed by atoms with Gasteiger partial charge in [-0.2, -0.15) is 0 Å². The van der Waals surface area contributed by atoms with E-state index in [0.717, 1.165) is 19.6 Å². The second-order valence-corrected chi connectivity index (χ2v) is 5.42. The van der Waals surface area contributed by atoms with Gasteiger partial charge in [0, 0.05) is 19.3 Å². The molecule has 0 saturated carbocycles. The van der Waals surface area contributed by atoms with Crippen LogP contribution in [0.25, 0.3) is 0 Å². The number of hydrogen-bond donors (Lipinski definition) is 2. The summed E-state index contributed by atoms with van der Waals surface area (Å²) < 4.78 is 0. The summed E-state index contributed by atoms with van der Waals surface area (Å²) in [6.45, 7) is 3.03. The smallest absolute Gasteiger partial charge is 0.337 e. The third kappa shape index (κ3) is 3.81. The minimum atomic E-state index is -1.02. The van der Waals surface area contributed by atoms with Gasteiger partial charge in [-0.25, -0.2) is 9.78 Å². The van der Waals surface area contributed by atoms with Crippen molar-refractivity contribution in [3.8, 4) is 0 Å². The highest BCUT2D eigenvalue weighted by molar-refractivity contribution is 6.33. The molecule has 0 bridgehead atoms. The molecule has 0 spiro atoms. The maximum absolute atomic E-state index is 10.8. The second-order valence-electron chi connectivity index (χ2n) is 5.01. The number of hydrogen-bond acceptors (Lipinski definition) is 4. The van der Waals surface area contributed by atoms with E-state index >= 15 is 0 Å². The first-order valence-electron chi connectivity index (χ1n) is 6.37. The molecule has 1 aromatic rings. The van der Waals surface area contributed by atoms with Crippen molar-refractivity contribution in [2.24, 2.45) is 5.92 Å². The number of carboxylic acid groups (broad SMARTS) is 1. The molecule has 1 atom stereocenters. The van der Waals surface area contributed by atoms with Gasteiger partial charge in [-0.15, -0.1) is 0 Å². The van der Waals surface area contributed by atoms with Gasteiger partial charge in [-0.1, -0.05) is 11.6 Å². The van der Waals surface area contributed by atoms with Crippen LogP contribution in [0.1, 0.15) is 23.2 Å². The summed E-state index contributed by atoms with van der Waals surface area (Å²) in [6.07, 6.45) is 3.73. The molecule has 0 aliphatic carbocycles. The molecule has 2 heterocycles. The number of halogens is 1. The summed E-state index contributed by atoms with van der Waals surface area (Å²) in [7, 11) is 2.12. The van der Waals surface area contributed by atoms with E-state index in [9.17, 15) is 4.79 Å². The van der Waals surface area contributed by atoms with Gasteiger partial charge in [-0.05, 0) is 38.4 Å². The van der Waals surface area contributed by atoms with Crippen LogP contribution in [-0.2, 0) is 0 Å². The number of piperidine rings is 1. The van der Waals surface area contributed by atoms with Crippen LogP contribution in [-0.4, -0.2) is 47.6 Å². The topological polar surface area (TPSA) is 65.5 Å². The number of rotatable bonds is 4. The third-order valence-corrected chi connectivity index (χ3v) is 3.66. The highest BCUT2D eigenvalue weighted by atomic mass is 35.5. The monoisotopic (exact) mass is 283 g/mol. The Morgan fingerprint density at radius 2 is 2.47 bits per heavy atom. The van der Waals surface area contributed by atoms with E-state index in [1.165, 1.54) is 25.1 Å². The van der Waals surface area contributed by atoms with Crippen molar-refractivity contribution in [2.75, 3.05) is 32.0 Å². The van der Waals surface area contributed by atoms with Crippen molar-refractivity contribution in [1.82, 2.24) is 9.88 Å². The lowest BCUT2D eigenvalue weighted by atomic mass is 9.98. The maximum atomic E-state index is 10.8. The molecule has 1 aliphatic rings. The van der Waals surface area contributed by atoms with Crippen molar-refractivity contribution in [3.05, 3.63) is 22.8 Å². The largest absolute Gasteiger partial charge is 0.478 e. The highest BCUT2D eigenvalue weighted by Gasteiger charge is 2.17. The Hall–Kier alpha value is -1.33. The quantitative estimate of drug-likeness (QED) is 0.887. The zero-order chi connectivity index (χ0) is 13.8. The zero-order valence-electron chi connectivity index (χ0n) is 10.9. The number of nitrogens with zero attached hydrogens (tertiary/aromatic N) is 2. The molecule has 2 rings (SSSR count). The minimum Gasteiger partial charge on any atom is -0.478 e. The number of likely N-dealkylation sites (tertiary alicyclic amines) is 1. The standard InChI is InChI=1S/C13H18ClN3O2/c1-17-4-2-3-9(8-17)6-15-12-11(14)5-10(7-16-12)13(18)19/h5,7,9H,2-4,6,8H2,1H3,(H,15,16)(H,18,19). The molecule has 19 heavy (non-hydrogen) atoms. The molecule has 2 N–H and O–H groups in total. The van der Waals surface area contributed by atoms with Crippen LogP contribution < -0.4 is 5.32 Å². The van der Waals surface area contributed by atoms with Crippen LogP contribution in [0.3, 0.4) is 0 Å². The molecular formula is C13H18ClN3O2. The number of aromatic carboxylic acids is 1. The Labute approximate surface area is 117 Å². The van der Waals surface area contributed by atoms with E-state index in [1.54, 1.807) is 0 Å². The van der Waals surface area contributed by atoms with Gasteiger partial charge in [0.05, 0.1) is 10.6 Å². The van der Waals surface area contributed by atoms with E-state index < -0.39 is 5.97 Å². The summed E-state index contributed by atoms with van der Waals surface area (Å²) >= 11 is 6.02. The van der Waals surface area contributed by atoms with Crippen LogP contribution in [0.15, 0.2) is 12.3 Å². The lowest BCUT2D eigenvalue weighted by Gasteiger charge is -2.29. The molecule has 0 aromatic carbocycles. The van der Waals surface area contributed by atoms with E-state index in [1.807, 2.05) is 0 Å². The zero-order valence-corrected chi connectivity index (χ0v) is 11.7. The van der Waals surface area contributed by atoms with E-state index in [-0.39, 0.29) is 5.56 Å². The number of aromatic nitrogens is 1. The van der Waals surface area contributed by atoms with E-state index in [0.29, 0.717) is 16.8 Å². The Kier molecular flexibility index (Phi) is 4.61. The summed E-state index contributed by atoms with van der Waals surface area (Å²) in [6, 6.07) is 1.42. The Morgan fingerprint density at radius 3 is 3.11 bits per heavy atom. The fourth-order valence-electron chi connectivity index (χ4n) is 2.37. The minimum absolute atomic E-state index is 0.105. The van der Waals surface area contributed by atoms with E-state index in [4.69, 9.17) is 16.7 Å². The van der Waals surface area contributed by atoms with Gasteiger partial charge >= 0.3 is 5.97 Å². The number of anilines is 1. The third-order valence-electron chi connectivity index (χ3n) is 3.37. The average molecular weight is 284 g/mol. The first-order chi connectivity index (χ1) is 9.06. The second kappa shape index (κ2) is 6.21. The van der Waals surface area contributed by atoms with E-state index in [2.05, 4.69) is 22.2 Å². The van der Waals surface area contributed by atoms with Crippen molar-refractivity contribution >= 4 is 23.4 Å². The number of nitrogens with one attached hydrogen (secondary N) is 1. The van der Waals surface area contributed by atoms with Gasteiger partial charge in [0.1, 0.15) is 5.82 Å². The van der Waals surface area contributed by atoms with Crippen LogP contribution in [0.5, 0.6) is 0 Å².